The fourth-order valence-electron chi connectivity index (χ4n) is 2.67. The summed E-state index contributed by atoms with van der Waals surface area (Å²) in [5, 5.41) is 2.53. The Morgan fingerprint density at radius 2 is 1.81 bits per heavy atom. The average Bonchev–Trinajstić information content (AvgIpc) is 2.61. The molecule has 0 aliphatic carbocycles. The Bertz CT molecular complexity index is 765. The highest BCUT2D eigenvalue weighted by Crippen LogP contribution is 2.21. The topological polar surface area (TPSA) is 55.4 Å². The van der Waals surface area contributed by atoms with Gasteiger partial charge in [-0.3, -0.25) is 9.59 Å². The third-order valence-corrected chi connectivity index (χ3v) is 4.05. The van der Waals surface area contributed by atoms with Crippen LogP contribution in [0, 0.1) is 11.6 Å². The Labute approximate surface area is 151 Å². The molecular weight excluding hydrogens is 340 g/mol. The number of carbonyl (C=O) groups is 2. The second-order valence-electron chi connectivity index (χ2n) is 5.93. The Hall–Kier alpha value is -2.76. The van der Waals surface area contributed by atoms with Gasteiger partial charge in [0.05, 0.1) is 12.0 Å². The summed E-state index contributed by atoms with van der Waals surface area (Å²) in [4.78, 5) is 24.2. The molecule has 1 amide bonds. The van der Waals surface area contributed by atoms with Crippen molar-refractivity contribution in [3.05, 3.63) is 71.3 Å². The maximum atomic E-state index is 13.7. The second-order valence-corrected chi connectivity index (χ2v) is 5.93. The second kappa shape index (κ2) is 9.08. The van der Waals surface area contributed by atoms with Crippen molar-refractivity contribution < 1.29 is 23.1 Å². The van der Waals surface area contributed by atoms with Crippen molar-refractivity contribution >= 4 is 11.9 Å². The minimum absolute atomic E-state index is 0.154. The summed E-state index contributed by atoms with van der Waals surface area (Å²) in [6, 6.07) is 11.6. The van der Waals surface area contributed by atoms with Gasteiger partial charge in [-0.15, -0.1) is 0 Å². The molecule has 2 aromatic carbocycles. The van der Waals surface area contributed by atoms with E-state index in [1.54, 1.807) is 6.92 Å². The van der Waals surface area contributed by atoms with Gasteiger partial charge in [0.1, 0.15) is 11.6 Å². The van der Waals surface area contributed by atoms with E-state index in [-0.39, 0.29) is 5.56 Å². The largest absolute Gasteiger partial charge is 0.455 e. The summed E-state index contributed by atoms with van der Waals surface area (Å²) < 4.78 is 31.8. The molecule has 0 aromatic heterocycles. The summed E-state index contributed by atoms with van der Waals surface area (Å²) >= 11 is 0. The number of rotatable bonds is 7. The molecule has 4 nitrogen and oxygen atoms in total. The van der Waals surface area contributed by atoms with E-state index in [9.17, 15) is 18.4 Å². The van der Waals surface area contributed by atoms with Crippen LogP contribution in [0.1, 0.15) is 43.4 Å². The van der Waals surface area contributed by atoms with E-state index < -0.39 is 42.1 Å². The maximum absolute atomic E-state index is 13.7. The van der Waals surface area contributed by atoms with Crippen LogP contribution in [0.15, 0.2) is 48.5 Å². The molecule has 2 rings (SSSR count). The molecule has 26 heavy (non-hydrogen) atoms. The van der Waals surface area contributed by atoms with E-state index in [1.165, 1.54) is 6.07 Å². The Morgan fingerprint density at radius 1 is 1.12 bits per heavy atom. The summed E-state index contributed by atoms with van der Waals surface area (Å²) in [7, 11) is 0. The zero-order valence-electron chi connectivity index (χ0n) is 14.7. The summed E-state index contributed by atoms with van der Waals surface area (Å²) in [5.41, 5.74) is 0.976. The van der Waals surface area contributed by atoms with Gasteiger partial charge in [-0.05, 0) is 25.0 Å². The van der Waals surface area contributed by atoms with Gasteiger partial charge < -0.3 is 10.1 Å². The SMILES string of the molecule is CCC(C(=O)OCC(=O)NC(C)c1ccc(F)cc1F)c1ccccc1. The first kappa shape index (κ1) is 19.6. The molecule has 1 N–H and O–H groups in total. The molecule has 0 saturated heterocycles. The monoisotopic (exact) mass is 361 g/mol. The van der Waals surface area contributed by atoms with E-state index in [4.69, 9.17) is 4.74 Å². The van der Waals surface area contributed by atoms with Crippen LogP contribution >= 0.6 is 0 Å². The van der Waals surface area contributed by atoms with Crippen LogP contribution in [-0.2, 0) is 14.3 Å². The number of halogens is 2. The summed E-state index contributed by atoms with van der Waals surface area (Å²) in [6.45, 7) is 2.96. The molecule has 2 atom stereocenters. The maximum Gasteiger partial charge on any atom is 0.313 e. The van der Waals surface area contributed by atoms with Gasteiger partial charge in [-0.25, -0.2) is 8.78 Å². The van der Waals surface area contributed by atoms with Gasteiger partial charge in [0.15, 0.2) is 6.61 Å². The molecule has 0 bridgehead atoms. The zero-order valence-corrected chi connectivity index (χ0v) is 14.7. The van der Waals surface area contributed by atoms with E-state index in [2.05, 4.69) is 5.32 Å². The van der Waals surface area contributed by atoms with Crippen LogP contribution in [0.25, 0.3) is 0 Å². The predicted molar refractivity (Wildman–Crippen MR) is 93.3 cm³/mol. The molecule has 0 heterocycles. The van der Waals surface area contributed by atoms with Gasteiger partial charge in [0.2, 0.25) is 0 Å². The first-order valence-corrected chi connectivity index (χ1v) is 8.38. The van der Waals surface area contributed by atoms with Crippen molar-refractivity contribution in [2.75, 3.05) is 6.61 Å². The molecule has 0 radical (unpaired) electrons. The summed E-state index contributed by atoms with van der Waals surface area (Å²) in [5.74, 6) is -2.93. The lowest BCUT2D eigenvalue weighted by Crippen LogP contribution is -2.32. The molecule has 0 saturated carbocycles. The fraction of sp³-hybridized carbons (Fsp3) is 0.300. The highest BCUT2D eigenvalue weighted by Gasteiger charge is 2.21. The van der Waals surface area contributed by atoms with Gasteiger partial charge in [0.25, 0.3) is 5.91 Å². The zero-order chi connectivity index (χ0) is 19.1. The number of esters is 1. The van der Waals surface area contributed by atoms with Crippen molar-refractivity contribution in [2.24, 2.45) is 0 Å². The molecule has 0 aliphatic heterocycles. The number of hydrogen-bond donors (Lipinski definition) is 1. The normalized spacial score (nSPS) is 12.9. The Kier molecular flexibility index (Phi) is 6.83. The number of benzene rings is 2. The van der Waals surface area contributed by atoms with Crippen LogP contribution in [0.3, 0.4) is 0 Å². The van der Waals surface area contributed by atoms with E-state index >= 15 is 0 Å². The van der Waals surface area contributed by atoms with Crippen LogP contribution in [0.2, 0.25) is 0 Å². The Balaban J connectivity index is 1.90. The van der Waals surface area contributed by atoms with Crippen LogP contribution in [0.4, 0.5) is 8.78 Å². The molecule has 0 aliphatic rings. The van der Waals surface area contributed by atoms with Crippen LogP contribution < -0.4 is 5.32 Å². The fourth-order valence-corrected chi connectivity index (χ4v) is 2.67. The van der Waals surface area contributed by atoms with E-state index in [0.717, 1.165) is 17.7 Å². The average molecular weight is 361 g/mol. The third kappa shape index (κ3) is 5.12. The van der Waals surface area contributed by atoms with Crippen molar-refractivity contribution in [2.45, 2.75) is 32.2 Å². The lowest BCUT2D eigenvalue weighted by atomic mass is 9.97. The van der Waals surface area contributed by atoms with Crippen molar-refractivity contribution in [3.8, 4) is 0 Å². The standard InChI is InChI=1S/C20H21F2NO3/c1-3-16(14-7-5-4-6-8-14)20(25)26-12-19(24)23-13(2)17-10-9-15(21)11-18(17)22/h4-11,13,16H,3,12H2,1-2H3,(H,23,24). The van der Waals surface area contributed by atoms with Gasteiger partial charge in [-0.1, -0.05) is 43.3 Å². The minimum atomic E-state index is -0.745. The van der Waals surface area contributed by atoms with Gasteiger partial charge in [-0.2, -0.15) is 0 Å². The quantitative estimate of drug-likeness (QED) is 0.762. The third-order valence-electron chi connectivity index (χ3n) is 4.05. The smallest absolute Gasteiger partial charge is 0.313 e. The first-order chi connectivity index (χ1) is 12.4. The first-order valence-electron chi connectivity index (χ1n) is 8.38. The van der Waals surface area contributed by atoms with E-state index in [0.29, 0.717) is 6.42 Å². The number of hydrogen-bond acceptors (Lipinski definition) is 3. The lowest BCUT2D eigenvalue weighted by Gasteiger charge is -2.17. The molecule has 138 valence electrons. The molecular formula is C20H21F2NO3. The lowest BCUT2D eigenvalue weighted by molar-refractivity contribution is -0.150. The minimum Gasteiger partial charge on any atom is -0.455 e. The van der Waals surface area contributed by atoms with Gasteiger partial charge >= 0.3 is 5.97 Å². The van der Waals surface area contributed by atoms with Crippen LogP contribution in [0.5, 0.6) is 0 Å². The van der Waals surface area contributed by atoms with Crippen molar-refractivity contribution in [3.63, 3.8) is 0 Å². The molecule has 2 aromatic rings. The molecule has 6 heteroatoms. The molecule has 2 unspecified atom stereocenters. The van der Waals surface area contributed by atoms with E-state index in [1.807, 2.05) is 37.3 Å². The van der Waals surface area contributed by atoms with Gasteiger partial charge in [0, 0.05) is 11.6 Å². The number of ether oxygens (including phenoxy) is 1. The van der Waals surface area contributed by atoms with Crippen molar-refractivity contribution in [1.82, 2.24) is 5.32 Å². The number of carbonyl (C=O) groups excluding carboxylic acids is 2. The summed E-state index contributed by atoms with van der Waals surface area (Å²) in [6.07, 6.45) is 0.543. The number of amides is 1. The van der Waals surface area contributed by atoms with Crippen LogP contribution in [-0.4, -0.2) is 18.5 Å². The molecule has 0 spiro atoms. The highest BCUT2D eigenvalue weighted by atomic mass is 19.1. The Morgan fingerprint density at radius 3 is 2.42 bits per heavy atom. The predicted octanol–water partition coefficient (Wildman–Crippen LogP) is 3.88. The number of nitrogens with one attached hydrogen (secondary N) is 1. The molecule has 0 fully saturated rings. The highest BCUT2D eigenvalue weighted by molar-refractivity contribution is 5.83. The van der Waals surface area contributed by atoms with Crippen molar-refractivity contribution in [1.29, 1.82) is 0 Å².